The summed E-state index contributed by atoms with van der Waals surface area (Å²) in [6.45, 7) is 1.52. The monoisotopic (exact) mass is 178 g/mol. The summed E-state index contributed by atoms with van der Waals surface area (Å²) < 4.78 is 0. The molecule has 0 aromatic heterocycles. The van der Waals surface area contributed by atoms with E-state index < -0.39 is 18.3 Å². The molecule has 0 spiro atoms. The lowest BCUT2D eigenvalue weighted by Crippen LogP contribution is -2.27. The van der Waals surface area contributed by atoms with Gasteiger partial charge >= 0.3 is 0 Å². The van der Waals surface area contributed by atoms with Gasteiger partial charge in [0.1, 0.15) is 0 Å². The highest BCUT2D eigenvalue weighted by atomic mass is 16.3. The summed E-state index contributed by atoms with van der Waals surface area (Å²) in [5.41, 5.74) is 0. The lowest BCUT2D eigenvalue weighted by atomic mass is 10.0. The zero-order valence-electron chi connectivity index (χ0n) is 7.35. The zero-order valence-corrected chi connectivity index (χ0v) is 7.35. The predicted molar refractivity (Wildman–Crippen MR) is 44.6 cm³/mol. The molecule has 4 heteroatoms. The van der Waals surface area contributed by atoms with E-state index in [1.165, 1.54) is 6.92 Å². The van der Waals surface area contributed by atoms with Crippen LogP contribution in [-0.2, 0) is 0 Å². The van der Waals surface area contributed by atoms with Crippen LogP contribution in [0.1, 0.15) is 26.2 Å². The Morgan fingerprint density at radius 1 is 1.17 bits per heavy atom. The molecule has 74 valence electrons. The molecule has 0 aliphatic rings. The summed E-state index contributed by atoms with van der Waals surface area (Å²) >= 11 is 0. The first kappa shape index (κ1) is 11.8. The summed E-state index contributed by atoms with van der Waals surface area (Å²) in [5, 5.41) is 35.7. The van der Waals surface area contributed by atoms with Crippen LogP contribution >= 0.6 is 0 Å². The molecule has 0 aliphatic carbocycles. The van der Waals surface area contributed by atoms with Gasteiger partial charge in [-0.3, -0.25) is 0 Å². The summed E-state index contributed by atoms with van der Waals surface area (Å²) in [6.07, 6.45) is -1.18. The Bertz CT molecular complexity index is 105. The van der Waals surface area contributed by atoms with Crippen LogP contribution in [-0.4, -0.2) is 45.3 Å². The third-order valence-electron chi connectivity index (χ3n) is 1.77. The Hall–Kier alpha value is -0.160. The van der Waals surface area contributed by atoms with Crippen molar-refractivity contribution in [1.29, 1.82) is 0 Å². The minimum absolute atomic E-state index is 0.0435. The molecule has 0 rings (SSSR count). The highest BCUT2D eigenvalue weighted by Crippen LogP contribution is 2.07. The smallest absolute Gasteiger partial charge is 0.0820 e. The van der Waals surface area contributed by atoms with E-state index in [1.54, 1.807) is 0 Å². The standard InChI is InChI=1S/C8H18O4/c1-6(10)8(12)5-7(11)3-2-4-9/h6-12H,2-5H2,1H3. The van der Waals surface area contributed by atoms with Crippen molar-refractivity contribution in [2.24, 2.45) is 0 Å². The van der Waals surface area contributed by atoms with Gasteiger partial charge in [0.15, 0.2) is 0 Å². The van der Waals surface area contributed by atoms with Gasteiger partial charge < -0.3 is 20.4 Å². The third kappa shape index (κ3) is 5.49. The van der Waals surface area contributed by atoms with Gasteiger partial charge in [0.25, 0.3) is 0 Å². The topological polar surface area (TPSA) is 80.9 Å². The third-order valence-corrected chi connectivity index (χ3v) is 1.77. The molecule has 0 saturated carbocycles. The second kappa shape index (κ2) is 6.37. The van der Waals surface area contributed by atoms with Crippen molar-refractivity contribution < 1.29 is 20.4 Å². The van der Waals surface area contributed by atoms with E-state index in [9.17, 15) is 5.11 Å². The highest BCUT2D eigenvalue weighted by Gasteiger charge is 2.15. The fraction of sp³-hybridized carbons (Fsp3) is 1.00. The number of hydrogen-bond acceptors (Lipinski definition) is 4. The Morgan fingerprint density at radius 2 is 1.75 bits per heavy atom. The molecule has 4 nitrogen and oxygen atoms in total. The second-order valence-electron chi connectivity index (χ2n) is 3.06. The highest BCUT2D eigenvalue weighted by molar-refractivity contribution is 4.67. The first-order chi connectivity index (χ1) is 5.57. The van der Waals surface area contributed by atoms with E-state index >= 15 is 0 Å². The van der Waals surface area contributed by atoms with Crippen LogP contribution in [0.2, 0.25) is 0 Å². The van der Waals surface area contributed by atoms with Gasteiger partial charge in [-0.15, -0.1) is 0 Å². The molecule has 0 amide bonds. The molecule has 0 aliphatic heterocycles. The van der Waals surface area contributed by atoms with Gasteiger partial charge in [0, 0.05) is 13.0 Å². The van der Waals surface area contributed by atoms with E-state index in [4.69, 9.17) is 15.3 Å². The molecule has 3 unspecified atom stereocenters. The summed E-state index contributed by atoms with van der Waals surface area (Å²) in [4.78, 5) is 0. The summed E-state index contributed by atoms with van der Waals surface area (Å²) in [6, 6.07) is 0. The quantitative estimate of drug-likeness (QED) is 0.431. The van der Waals surface area contributed by atoms with Crippen molar-refractivity contribution in [3.8, 4) is 0 Å². The number of hydrogen-bond donors (Lipinski definition) is 4. The van der Waals surface area contributed by atoms with E-state index in [-0.39, 0.29) is 13.0 Å². The molecule has 0 bridgehead atoms. The molecule has 0 saturated heterocycles. The fourth-order valence-electron chi connectivity index (χ4n) is 0.920. The lowest BCUT2D eigenvalue weighted by Gasteiger charge is -2.17. The average Bonchev–Trinajstić information content (AvgIpc) is 2.00. The van der Waals surface area contributed by atoms with Crippen LogP contribution in [0.5, 0.6) is 0 Å². The van der Waals surface area contributed by atoms with Crippen LogP contribution in [0.25, 0.3) is 0 Å². The Kier molecular flexibility index (Phi) is 6.28. The van der Waals surface area contributed by atoms with Crippen LogP contribution in [0.15, 0.2) is 0 Å². The maximum atomic E-state index is 9.22. The SMILES string of the molecule is CC(O)C(O)CC(O)CCCO. The minimum atomic E-state index is -0.876. The molecular weight excluding hydrogens is 160 g/mol. The average molecular weight is 178 g/mol. The Balaban J connectivity index is 3.47. The van der Waals surface area contributed by atoms with Crippen molar-refractivity contribution in [1.82, 2.24) is 0 Å². The maximum Gasteiger partial charge on any atom is 0.0820 e. The lowest BCUT2D eigenvalue weighted by molar-refractivity contribution is -0.00567. The largest absolute Gasteiger partial charge is 0.396 e. The van der Waals surface area contributed by atoms with Crippen LogP contribution in [0.4, 0.5) is 0 Å². The second-order valence-corrected chi connectivity index (χ2v) is 3.06. The van der Waals surface area contributed by atoms with E-state index in [2.05, 4.69) is 0 Å². The zero-order chi connectivity index (χ0) is 9.56. The fourth-order valence-corrected chi connectivity index (χ4v) is 0.920. The molecule has 4 N–H and O–H groups in total. The van der Waals surface area contributed by atoms with Crippen molar-refractivity contribution >= 4 is 0 Å². The van der Waals surface area contributed by atoms with Crippen LogP contribution < -0.4 is 0 Å². The van der Waals surface area contributed by atoms with Gasteiger partial charge in [-0.25, -0.2) is 0 Å². The summed E-state index contributed by atoms with van der Waals surface area (Å²) in [7, 11) is 0. The number of aliphatic hydroxyl groups excluding tert-OH is 4. The molecule has 12 heavy (non-hydrogen) atoms. The minimum Gasteiger partial charge on any atom is -0.396 e. The van der Waals surface area contributed by atoms with Gasteiger partial charge in [0.05, 0.1) is 18.3 Å². The van der Waals surface area contributed by atoms with Crippen molar-refractivity contribution in [2.75, 3.05) is 6.61 Å². The number of aliphatic hydroxyl groups is 4. The van der Waals surface area contributed by atoms with Crippen molar-refractivity contribution in [2.45, 2.75) is 44.5 Å². The van der Waals surface area contributed by atoms with Crippen LogP contribution in [0, 0.1) is 0 Å². The molecule has 0 fully saturated rings. The first-order valence-electron chi connectivity index (χ1n) is 4.23. The maximum absolute atomic E-state index is 9.22. The van der Waals surface area contributed by atoms with E-state index in [1.807, 2.05) is 0 Å². The van der Waals surface area contributed by atoms with Gasteiger partial charge in [-0.1, -0.05) is 0 Å². The first-order valence-corrected chi connectivity index (χ1v) is 4.23. The van der Waals surface area contributed by atoms with Gasteiger partial charge in [-0.05, 0) is 19.8 Å². The molecular formula is C8H18O4. The predicted octanol–water partition coefficient (Wildman–Crippen LogP) is -0.748. The molecule has 0 radical (unpaired) electrons. The normalized spacial score (nSPS) is 18.8. The summed E-state index contributed by atoms with van der Waals surface area (Å²) in [5.74, 6) is 0. The molecule has 0 aromatic carbocycles. The Morgan fingerprint density at radius 3 is 2.17 bits per heavy atom. The Labute approximate surface area is 72.5 Å². The van der Waals surface area contributed by atoms with Crippen molar-refractivity contribution in [3.05, 3.63) is 0 Å². The van der Waals surface area contributed by atoms with Gasteiger partial charge in [-0.2, -0.15) is 0 Å². The van der Waals surface area contributed by atoms with Crippen LogP contribution in [0.3, 0.4) is 0 Å². The van der Waals surface area contributed by atoms with Crippen molar-refractivity contribution in [3.63, 3.8) is 0 Å². The number of rotatable bonds is 6. The van der Waals surface area contributed by atoms with E-state index in [0.29, 0.717) is 12.8 Å². The molecule has 3 atom stereocenters. The van der Waals surface area contributed by atoms with E-state index in [0.717, 1.165) is 0 Å². The molecule has 0 aromatic rings. The molecule has 0 heterocycles. The van der Waals surface area contributed by atoms with Gasteiger partial charge in [0.2, 0.25) is 0 Å².